The zero-order chi connectivity index (χ0) is 14.6. The van der Waals surface area contributed by atoms with Crippen molar-refractivity contribution in [3.63, 3.8) is 0 Å². The van der Waals surface area contributed by atoms with Crippen molar-refractivity contribution in [2.75, 3.05) is 6.54 Å². The number of carbonyl (C=O) groups is 3. The van der Waals surface area contributed by atoms with Crippen molar-refractivity contribution in [2.45, 2.75) is 25.8 Å². The second-order valence-corrected chi connectivity index (χ2v) is 4.30. The van der Waals surface area contributed by atoms with E-state index in [9.17, 15) is 14.4 Å². The molecule has 2 aliphatic rings. The molecule has 5 nitrogen and oxygen atoms in total. The molecule has 0 saturated carbocycles. The SMILES string of the molecule is C=C.C=CC1=C(C)CN(C2CCC(=O)NC2=O)C1=O. The Bertz CT molecular complexity index is 465. The first-order valence-electron chi connectivity index (χ1n) is 6.01. The largest absolute Gasteiger partial charge is 0.323 e. The summed E-state index contributed by atoms with van der Waals surface area (Å²) in [6.07, 6.45) is 2.19. The maximum absolute atomic E-state index is 12.0. The predicted molar refractivity (Wildman–Crippen MR) is 72.0 cm³/mol. The van der Waals surface area contributed by atoms with Gasteiger partial charge in [0.2, 0.25) is 11.8 Å². The number of piperidine rings is 1. The summed E-state index contributed by atoms with van der Waals surface area (Å²) in [5.41, 5.74) is 1.48. The van der Waals surface area contributed by atoms with Gasteiger partial charge in [-0.15, -0.1) is 13.2 Å². The van der Waals surface area contributed by atoms with Crippen LogP contribution in [0.25, 0.3) is 0 Å². The fourth-order valence-corrected chi connectivity index (χ4v) is 2.24. The monoisotopic (exact) mass is 262 g/mol. The molecule has 1 unspecified atom stereocenters. The predicted octanol–water partition coefficient (Wildman–Crippen LogP) is 0.938. The molecule has 1 atom stereocenters. The van der Waals surface area contributed by atoms with Crippen LogP contribution in [0.2, 0.25) is 0 Å². The summed E-state index contributed by atoms with van der Waals surface area (Å²) in [7, 11) is 0. The molecule has 0 aromatic heterocycles. The van der Waals surface area contributed by atoms with Crippen molar-refractivity contribution in [1.82, 2.24) is 10.2 Å². The fraction of sp³-hybridized carbons (Fsp3) is 0.357. The van der Waals surface area contributed by atoms with Gasteiger partial charge in [0.05, 0.1) is 0 Å². The summed E-state index contributed by atoms with van der Waals surface area (Å²) >= 11 is 0. The first kappa shape index (κ1) is 14.9. The molecule has 19 heavy (non-hydrogen) atoms. The summed E-state index contributed by atoms with van der Waals surface area (Å²) in [4.78, 5) is 36.2. The summed E-state index contributed by atoms with van der Waals surface area (Å²) in [6, 6.07) is -0.535. The molecule has 102 valence electrons. The molecule has 0 aromatic carbocycles. The quantitative estimate of drug-likeness (QED) is 0.595. The number of nitrogens with one attached hydrogen (secondary N) is 1. The van der Waals surface area contributed by atoms with E-state index in [-0.39, 0.29) is 24.1 Å². The molecule has 2 aliphatic heterocycles. The summed E-state index contributed by atoms with van der Waals surface area (Å²) in [5.74, 6) is -0.828. The number of carbonyl (C=O) groups excluding carboxylic acids is 3. The van der Waals surface area contributed by atoms with E-state index in [2.05, 4.69) is 25.1 Å². The zero-order valence-electron chi connectivity index (χ0n) is 11.1. The Hall–Kier alpha value is -2.17. The van der Waals surface area contributed by atoms with Crippen molar-refractivity contribution in [2.24, 2.45) is 0 Å². The smallest absolute Gasteiger partial charge is 0.254 e. The van der Waals surface area contributed by atoms with E-state index in [0.717, 1.165) is 5.57 Å². The fourth-order valence-electron chi connectivity index (χ4n) is 2.24. The van der Waals surface area contributed by atoms with Gasteiger partial charge in [0, 0.05) is 18.5 Å². The molecule has 1 saturated heterocycles. The number of amides is 3. The normalized spacial score (nSPS) is 22.9. The maximum atomic E-state index is 12.0. The zero-order valence-corrected chi connectivity index (χ0v) is 11.1. The number of rotatable bonds is 2. The molecule has 0 radical (unpaired) electrons. The number of imide groups is 1. The van der Waals surface area contributed by atoms with Gasteiger partial charge in [0.25, 0.3) is 5.91 Å². The van der Waals surface area contributed by atoms with Crippen LogP contribution in [-0.2, 0) is 14.4 Å². The highest BCUT2D eigenvalue weighted by molar-refractivity contribution is 6.05. The van der Waals surface area contributed by atoms with Gasteiger partial charge in [0.15, 0.2) is 0 Å². The first-order chi connectivity index (χ1) is 9.04. The third-order valence-corrected chi connectivity index (χ3v) is 3.15. The van der Waals surface area contributed by atoms with E-state index >= 15 is 0 Å². The van der Waals surface area contributed by atoms with Crippen molar-refractivity contribution >= 4 is 17.7 Å². The Balaban J connectivity index is 0.000000861. The van der Waals surface area contributed by atoms with Crippen molar-refractivity contribution in [1.29, 1.82) is 0 Å². The van der Waals surface area contributed by atoms with E-state index in [1.54, 1.807) is 0 Å². The highest BCUT2D eigenvalue weighted by Crippen LogP contribution is 2.24. The van der Waals surface area contributed by atoms with E-state index < -0.39 is 6.04 Å². The van der Waals surface area contributed by atoms with E-state index in [0.29, 0.717) is 18.5 Å². The summed E-state index contributed by atoms with van der Waals surface area (Å²) in [5, 5.41) is 2.26. The molecule has 0 aliphatic carbocycles. The van der Waals surface area contributed by atoms with Crippen LogP contribution in [0, 0.1) is 0 Å². The average Bonchev–Trinajstić information content (AvgIpc) is 2.67. The highest BCUT2D eigenvalue weighted by atomic mass is 16.2. The molecular weight excluding hydrogens is 244 g/mol. The molecule has 1 N–H and O–H groups in total. The third-order valence-electron chi connectivity index (χ3n) is 3.15. The first-order valence-corrected chi connectivity index (χ1v) is 6.01. The van der Waals surface area contributed by atoms with Crippen LogP contribution in [0.1, 0.15) is 19.8 Å². The van der Waals surface area contributed by atoms with Gasteiger partial charge in [-0.2, -0.15) is 0 Å². The van der Waals surface area contributed by atoms with Crippen molar-refractivity contribution < 1.29 is 14.4 Å². The van der Waals surface area contributed by atoms with Crippen LogP contribution < -0.4 is 5.32 Å². The molecule has 0 spiro atoms. The minimum atomic E-state index is -0.535. The Morgan fingerprint density at radius 3 is 2.42 bits per heavy atom. The van der Waals surface area contributed by atoms with Gasteiger partial charge in [-0.25, -0.2) is 0 Å². The molecule has 3 amide bonds. The van der Waals surface area contributed by atoms with Gasteiger partial charge in [-0.1, -0.05) is 12.7 Å². The summed E-state index contributed by atoms with van der Waals surface area (Å²) < 4.78 is 0. The molecule has 5 heteroatoms. The van der Waals surface area contributed by atoms with Crippen LogP contribution in [0.4, 0.5) is 0 Å². The van der Waals surface area contributed by atoms with Crippen LogP contribution in [0.3, 0.4) is 0 Å². The van der Waals surface area contributed by atoms with Gasteiger partial charge in [0.1, 0.15) is 6.04 Å². The van der Waals surface area contributed by atoms with Crippen molar-refractivity contribution in [3.05, 3.63) is 37.0 Å². The standard InChI is InChI=1S/C12H14N2O3.C2H4/c1-3-8-7(2)6-14(12(8)17)9-4-5-10(15)13-11(9)16;1-2/h3,9H,1,4-6H2,2H3,(H,13,15,16);1-2H2. The van der Waals surface area contributed by atoms with Crippen LogP contribution >= 0.6 is 0 Å². The lowest BCUT2D eigenvalue weighted by Crippen LogP contribution is -2.53. The third kappa shape index (κ3) is 2.81. The molecule has 0 bridgehead atoms. The van der Waals surface area contributed by atoms with E-state index in [1.165, 1.54) is 11.0 Å². The molecule has 2 heterocycles. The number of nitrogens with zero attached hydrogens (tertiary/aromatic N) is 1. The van der Waals surface area contributed by atoms with E-state index in [4.69, 9.17) is 0 Å². The highest BCUT2D eigenvalue weighted by Gasteiger charge is 2.38. The van der Waals surface area contributed by atoms with Gasteiger partial charge >= 0.3 is 0 Å². The molecule has 2 rings (SSSR count). The van der Waals surface area contributed by atoms with Gasteiger partial charge < -0.3 is 4.90 Å². The molecule has 1 fully saturated rings. The maximum Gasteiger partial charge on any atom is 0.254 e. The van der Waals surface area contributed by atoms with Crippen LogP contribution in [0.5, 0.6) is 0 Å². The lowest BCUT2D eigenvalue weighted by Gasteiger charge is -2.29. The summed E-state index contributed by atoms with van der Waals surface area (Å²) in [6.45, 7) is 11.9. The lowest BCUT2D eigenvalue weighted by molar-refractivity contribution is -0.142. The minimum absolute atomic E-state index is 0.174. The minimum Gasteiger partial charge on any atom is -0.323 e. The second kappa shape index (κ2) is 6.13. The topological polar surface area (TPSA) is 66.5 Å². The Kier molecular flexibility index (Phi) is 4.80. The second-order valence-electron chi connectivity index (χ2n) is 4.30. The van der Waals surface area contributed by atoms with Crippen molar-refractivity contribution in [3.8, 4) is 0 Å². The Labute approximate surface area is 112 Å². The molecule has 0 aromatic rings. The number of hydrogen-bond donors (Lipinski definition) is 1. The van der Waals surface area contributed by atoms with Crippen LogP contribution in [0.15, 0.2) is 37.0 Å². The average molecular weight is 262 g/mol. The lowest BCUT2D eigenvalue weighted by atomic mass is 10.0. The Morgan fingerprint density at radius 1 is 1.32 bits per heavy atom. The Morgan fingerprint density at radius 2 is 1.95 bits per heavy atom. The van der Waals surface area contributed by atoms with Gasteiger partial charge in [-0.05, 0) is 18.9 Å². The molecular formula is C14H18N2O3. The number of hydrogen-bond acceptors (Lipinski definition) is 3. The van der Waals surface area contributed by atoms with Gasteiger partial charge in [-0.3, -0.25) is 19.7 Å². The van der Waals surface area contributed by atoms with Crippen LogP contribution in [-0.4, -0.2) is 35.2 Å². The van der Waals surface area contributed by atoms with E-state index in [1.807, 2.05) is 6.92 Å².